The molecule has 0 saturated heterocycles. The normalized spacial score (nSPS) is 9.50. The van der Waals surface area contributed by atoms with Crippen LogP contribution in [0.25, 0.3) is 0 Å². The maximum atomic E-state index is 13.0. The Hall–Kier alpha value is -2.48. The summed E-state index contributed by atoms with van der Waals surface area (Å²) in [5.74, 6) is -0.0953. The lowest BCUT2D eigenvalue weighted by Gasteiger charge is -2.05. The van der Waals surface area contributed by atoms with Gasteiger partial charge in [0.05, 0.1) is 11.3 Å². The Kier molecular flexibility index (Phi) is 2.74. The second kappa shape index (κ2) is 4.36. The number of hydrogen-bond acceptors (Lipinski definition) is 4. The van der Waals surface area contributed by atoms with E-state index in [0.717, 1.165) is 0 Å². The van der Waals surface area contributed by atoms with Gasteiger partial charge in [0, 0.05) is 12.4 Å². The van der Waals surface area contributed by atoms with Crippen LogP contribution in [0.3, 0.4) is 0 Å². The van der Waals surface area contributed by atoms with Gasteiger partial charge in [-0.15, -0.1) is 0 Å². The van der Waals surface area contributed by atoms with E-state index in [-0.39, 0.29) is 0 Å². The Morgan fingerprint density at radius 3 is 2.69 bits per heavy atom. The van der Waals surface area contributed by atoms with E-state index in [1.54, 1.807) is 18.5 Å². The fraction of sp³-hybridized carbons (Fsp3) is 0. The molecule has 0 aliphatic rings. The monoisotopic (exact) mass is 214 g/mol. The molecule has 1 aromatic carbocycles. The molecule has 0 saturated carbocycles. The number of nitriles is 1. The van der Waals surface area contributed by atoms with Crippen LogP contribution in [-0.2, 0) is 0 Å². The summed E-state index contributed by atoms with van der Waals surface area (Å²) in [7, 11) is 0. The molecule has 0 bridgehead atoms. The highest BCUT2D eigenvalue weighted by molar-refractivity contribution is 5.62. The van der Waals surface area contributed by atoms with Crippen molar-refractivity contribution in [3.63, 3.8) is 0 Å². The first-order valence-electron chi connectivity index (χ1n) is 4.53. The van der Waals surface area contributed by atoms with E-state index in [1.165, 1.54) is 18.2 Å². The summed E-state index contributed by atoms with van der Waals surface area (Å²) >= 11 is 0. The number of anilines is 2. The largest absolute Gasteiger partial charge is 0.323 e. The van der Waals surface area contributed by atoms with Gasteiger partial charge in [0.2, 0.25) is 5.95 Å². The molecule has 0 aliphatic heterocycles. The summed E-state index contributed by atoms with van der Waals surface area (Å²) in [6, 6.07) is 7.49. The predicted octanol–water partition coefficient (Wildman–Crippen LogP) is 2.23. The molecule has 0 atom stereocenters. The van der Waals surface area contributed by atoms with Gasteiger partial charge in [-0.3, -0.25) is 0 Å². The second-order valence-electron chi connectivity index (χ2n) is 3.00. The van der Waals surface area contributed by atoms with Gasteiger partial charge in [-0.25, -0.2) is 14.4 Å². The van der Waals surface area contributed by atoms with E-state index in [0.29, 0.717) is 17.2 Å². The molecule has 2 rings (SSSR count). The first kappa shape index (κ1) is 10.1. The molecule has 0 aliphatic carbocycles. The maximum absolute atomic E-state index is 13.0. The van der Waals surface area contributed by atoms with Crippen LogP contribution in [0, 0.1) is 17.1 Å². The minimum atomic E-state index is -0.419. The Morgan fingerprint density at radius 1 is 1.25 bits per heavy atom. The smallest absolute Gasteiger partial charge is 0.227 e. The molecule has 78 valence electrons. The van der Waals surface area contributed by atoms with E-state index in [1.807, 2.05) is 6.07 Å². The van der Waals surface area contributed by atoms with Crippen LogP contribution in [0.5, 0.6) is 0 Å². The van der Waals surface area contributed by atoms with Gasteiger partial charge < -0.3 is 5.32 Å². The molecule has 1 heterocycles. The van der Waals surface area contributed by atoms with Gasteiger partial charge in [-0.05, 0) is 24.3 Å². The minimum Gasteiger partial charge on any atom is -0.323 e. The molecule has 1 N–H and O–H groups in total. The lowest BCUT2D eigenvalue weighted by atomic mass is 10.2. The van der Waals surface area contributed by atoms with Crippen LogP contribution in [0.4, 0.5) is 16.0 Å². The van der Waals surface area contributed by atoms with Crippen molar-refractivity contribution in [3.05, 3.63) is 48.0 Å². The first-order valence-corrected chi connectivity index (χ1v) is 4.53. The molecule has 4 nitrogen and oxygen atoms in total. The maximum Gasteiger partial charge on any atom is 0.227 e. The summed E-state index contributed by atoms with van der Waals surface area (Å²) in [6.07, 6.45) is 3.11. The van der Waals surface area contributed by atoms with Crippen molar-refractivity contribution in [2.75, 3.05) is 5.32 Å². The summed E-state index contributed by atoms with van der Waals surface area (Å²) in [5, 5.41) is 11.6. The molecule has 2 aromatic rings. The van der Waals surface area contributed by atoms with Crippen LogP contribution < -0.4 is 5.32 Å². The van der Waals surface area contributed by atoms with Gasteiger partial charge in [0.15, 0.2) is 0 Å². The van der Waals surface area contributed by atoms with Gasteiger partial charge in [-0.1, -0.05) is 0 Å². The van der Waals surface area contributed by atoms with Gasteiger partial charge in [0.25, 0.3) is 0 Å². The van der Waals surface area contributed by atoms with Crippen LogP contribution in [0.15, 0.2) is 36.7 Å². The second-order valence-corrected chi connectivity index (χ2v) is 3.00. The van der Waals surface area contributed by atoms with Gasteiger partial charge in [0.1, 0.15) is 11.9 Å². The van der Waals surface area contributed by atoms with Crippen LogP contribution in [0.1, 0.15) is 5.56 Å². The van der Waals surface area contributed by atoms with Crippen LogP contribution >= 0.6 is 0 Å². The highest BCUT2D eigenvalue weighted by Gasteiger charge is 2.04. The lowest BCUT2D eigenvalue weighted by molar-refractivity contribution is 0.628. The average Bonchev–Trinajstić information content (AvgIpc) is 2.31. The highest BCUT2D eigenvalue weighted by atomic mass is 19.1. The van der Waals surface area contributed by atoms with Crippen molar-refractivity contribution < 1.29 is 4.39 Å². The Morgan fingerprint density at radius 2 is 2.00 bits per heavy atom. The number of hydrogen-bond donors (Lipinski definition) is 1. The molecule has 0 fully saturated rings. The molecule has 0 unspecified atom stereocenters. The Labute approximate surface area is 91.4 Å². The average molecular weight is 214 g/mol. The van der Waals surface area contributed by atoms with E-state index in [4.69, 9.17) is 5.26 Å². The van der Waals surface area contributed by atoms with E-state index >= 15 is 0 Å². The zero-order valence-electron chi connectivity index (χ0n) is 8.18. The van der Waals surface area contributed by atoms with Crippen molar-refractivity contribution in [2.24, 2.45) is 0 Å². The van der Waals surface area contributed by atoms with Crippen molar-refractivity contribution in [1.29, 1.82) is 5.26 Å². The number of rotatable bonds is 2. The van der Waals surface area contributed by atoms with Crippen molar-refractivity contribution in [3.8, 4) is 6.07 Å². The standard InChI is InChI=1S/C11H7FN4/c12-9-3-2-8(7-13)10(6-9)16-11-14-4-1-5-15-11/h1-6H,(H,14,15,16). The predicted molar refractivity (Wildman–Crippen MR) is 56.4 cm³/mol. The Bertz CT molecular complexity index is 533. The molecular weight excluding hydrogens is 207 g/mol. The zero-order valence-corrected chi connectivity index (χ0v) is 8.18. The van der Waals surface area contributed by atoms with Crippen LogP contribution in [-0.4, -0.2) is 9.97 Å². The molecule has 16 heavy (non-hydrogen) atoms. The molecule has 0 radical (unpaired) electrons. The van der Waals surface area contributed by atoms with E-state index in [2.05, 4.69) is 15.3 Å². The lowest BCUT2D eigenvalue weighted by Crippen LogP contribution is -1.98. The third kappa shape index (κ3) is 2.12. The molecule has 0 spiro atoms. The molecular formula is C11H7FN4. The third-order valence-electron chi connectivity index (χ3n) is 1.91. The van der Waals surface area contributed by atoms with E-state index in [9.17, 15) is 4.39 Å². The number of nitrogens with zero attached hydrogens (tertiary/aromatic N) is 3. The molecule has 0 amide bonds. The van der Waals surface area contributed by atoms with Gasteiger partial charge >= 0.3 is 0 Å². The first-order chi connectivity index (χ1) is 7.79. The number of aromatic nitrogens is 2. The highest BCUT2D eigenvalue weighted by Crippen LogP contribution is 2.18. The summed E-state index contributed by atoms with van der Waals surface area (Å²) in [4.78, 5) is 7.85. The number of benzene rings is 1. The summed E-state index contributed by atoms with van der Waals surface area (Å²) in [6.45, 7) is 0. The number of nitrogens with one attached hydrogen (secondary N) is 1. The zero-order chi connectivity index (χ0) is 11.4. The van der Waals surface area contributed by atoms with E-state index < -0.39 is 5.82 Å². The minimum absolute atomic E-state index is 0.324. The fourth-order valence-electron chi connectivity index (χ4n) is 1.20. The van der Waals surface area contributed by atoms with Gasteiger partial charge in [-0.2, -0.15) is 5.26 Å². The SMILES string of the molecule is N#Cc1ccc(F)cc1Nc1ncccn1. The molecule has 5 heteroatoms. The van der Waals surface area contributed by atoms with Crippen molar-refractivity contribution >= 4 is 11.6 Å². The summed E-state index contributed by atoms with van der Waals surface area (Å²) < 4.78 is 13.0. The Balaban J connectivity index is 2.35. The topological polar surface area (TPSA) is 61.6 Å². The number of halogens is 1. The third-order valence-corrected chi connectivity index (χ3v) is 1.91. The van der Waals surface area contributed by atoms with Crippen molar-refractivity contribution in [1.82, 2.24) is 9.97 Å². The molecule has 1 aromatic heterocycles. The van der Waals surface area contributed by atoms with Crippen molar-refractivity contribution in [2.45, 2.75) is 0 Å². The van der Waals surface area contributed by atoms with Crippen LogP contribution in [0.2, 0.25) is 0 Å². The quantitative estimate of drug-likeness (QED) is 0.832. The summed E-state index contributed by atoms with van der Waals surface area (Å²) in [5.41, 5.74) is 0.697. The fourth-order valence-corrected chi connectivity index (χ4v) is 1.20.